The van der Waals surface area contributed by atoms with E-state index >= 15 is 0 Å². The van der Waals surface area contributed by atoms with Gasteiger partial charge < -0.3 is 15.2 Å². The number of carbonyl (C=O) groups excluding carboxylic acids is 1. The third-order valence-corrected chi connectivity index (χ3v) is 2.04. The minimum absolute atomic E-state index is 0.213. The highest BCUT2D eigenvalue weighted by molar-refractivity contribution is 5.70. The summed E-state index contributed by atoms with van der Waals surface area (Å²) in [6.07, 6.45) is 4.37. The molecule has 0 aromatic heterocycles. The Balaban J connectivity index is 3.95. The lowest BCUT2D eigenvalue weighted by Gasteiger charge is -2.19. The molecule has 0 aromatic carbocycles. The van der Waals surface area contributed by atoms with Gasteiger partial charge in [-0.2, -0.15) is 0 Å². The maximum absolute atomic E-state index is 11.4. The summed E-state index contributed by atoms with van der Waals surface area (Å²) in [5.74, 6) is 0.123. The quantitative estimate of drug-likeness (QED) is 0.435. The molecule has 0 atom stereocenters. The molecule has 0 aliphatic carbocycles. The van der Waals surface area contributed by atoms with Crippen LogP contribution < -0.4 is 5.32 Å². The number of allylic oxidation sites excluding steroid dienone is 4. The molecule has 0 unspecified atom stereocenters. The van der Waals surface area contributed by atoms with Crippen LogP contribution >= 0.6 is 0 Å². The molecule has 0 saturated heterocycles. The van der Waals surface area contributed by atoms with Crippen LogP contribution in [-0.2, 0) is 9.53 Å². The van der Waals surface area contributed by atoms with Crippen molar-refractivity contribution in [2.75, 3.05) is 6.54 Å². The Hall–Kier alpha value is -1.45. The molecular weight excluding hydrogens is 230 g/mol. The average Bonchev–Trinajstić information content (AvgIpc) is 2.23. The van der Waals surface area contributed by atoms with Crippen molar-refractivity contribution < 1.29 is 14.6 Å². The molecule has 0 fully saturated rings. The van der Waals surface area contributed by atoms with Gasteiger partial charge in [-0.1, -0.05) is 6.92 Å². The lowest BCUT2D eigenvalue weighted by atomic mass is 10.2. The zero-order chi connectivity index (χ0) is 14.2. The van der Waals surface area contributed by atoms with E-state index in [2.05, 4.69) is 5.32 Å². The van der Waals surface area contributed by atoms with Gasteiger partial charge in [0.15, 0.2) is 0 Å². The van der Waals surface area contributed by atoms with E-state index < -0.39 is 5.60 Å². The fraction of sp³-hybridized carbons (Fsp3) is 0.643. The molecule has 104 valence electrons. The van der Waals surface area contributed by atoms with Gasteiger partial charge in [0.05, 0.1) is 12.2 Å². The number of aliphatic hydroxyl groups is 1. The Bertz CT molecular complexity index is 324. The highest BCUT2D eigenvalue weighted by Crippen LogP contribution is 2.07. The number of ether oxygens (including phenoxy) is 1. The monoisotopic (exact) mass is 255 g/mol. The average molecular weight is 255 g/mol. The molecule has 4 nitrogen and oxygen atoms in total. The first-order chi connectivity index (χ1) is 8.24. The fourth-order valence-electron chi connectivity index (χ4n) is 1.15. The normalized spacial score (nSPS) is 13.4. The molecule has 0 radical (unpaired) electrons. The number of hydrogen-bond donors (Lipinski definition) is 2. The highest BCUT2D eigenvalue weighted by Gasteiger charge is 2.15. The zero-order valence-corrected chi connectivity index (χ0v) is 12.0. The van der Waals surface area contributed by atoms with Crippen LogP contribution in [-0.4, -0.2) is 23.2 Å². The standard InChI is InChI=1S/C14H25NO3/c1-6-12(16)8-7-11(2)15-10-9-13(17)18-14(3,4)5/h7-8,15-16H,6,9-10H2,1-5H3/b11-7+,12-8+. The number of rotatable bonds is 6. The molecule has 4 heteroatoms. The predicted octanol–water partition coefficient (Wildman–Crippen LogP) is 3.06. The summed E-state index contributed by atoms with van der Waals surface area (Å²) < 4.78 is 5.18. The summed E-state index contributed by atoms with van der Waals surface area (Å²) in [5, 5.41) is 12.3. The molecule has 0 bridgehead atoms. The van der Waals surface area contributed by atoms with E-state index in [9.17, 15) is 9.90 Å². The molecule has 0 amide bonds. The maximum atomic E-state index is 11.4. The van der Waals surface area contributed by atoms with E-state index in [1.807, 2.05) is 34.6 Å². The Morgan fingerprint density at radius 2 is 1.94 bits per heavy atom. The Morgan fingerprint density at radius 1 is 1.33 bits per heavy atom. The summed E-state index contributed by atoms with van der Waals surface area (Å²) in [5.41, 5.74) is 0.469. The van der Waals surface area contributed by atoms with Crippen molar-refractivity contribution in [1.29, 1.82) is 0 Å². The summed E-state index contributed by atoms with van der Waals surface area (Å²) in [4.78, 5) is 11.4. The van der Waals surface area contributed by atoms with E-state index in [1.165, 1.54) is 0 Å². The van der Waals surface area contributed by atoms with Crippen LogP contribution in [0.3, 0.4) is 0 Å². The minimum atomic E-state index is -0.433. The van der Waals surface area contributed by atoms with Crippen LogP contribution in [0.2, 0.25) is 0 Å². The van der Waals surface area contributed by atoms with Gasteiger partial charge in [-0.05, 0) is 39.8 Å². The first-order valence-corrected chi connectivity index (χ1v) is 6.26. The summed E-state index contributed by atoms with van der Waals surface area (Å²) in [6.45, 7) is 9.84. The third-order valence-electron chi connectivity index (χ3n) is 2.04. The highest BCUT2D eigenvalue weighted by atomic mass is 16.6. The largest absolute Gasteiger partial charge is 0.512 e. The SMILES string of the molecule is CC/C(O)=C\C=C(/C)NCCC(=O)OC(C)(C)C. The molecule has 0 spiro atoms. The van der Waals surface area contributed by atoms with Gasteiger partial charge >= 0.3 is 5.97 Å². The van der Waals surface area contributed by atoms with Crippen LogP contribution in [0.15, 0.2) is 23.6 Å². The molecule has 0 rings (SSSR count). The number of hydrogen-bond acceptors (Lipinski definition) is 4. The van der Waals surface area contributed by atoms with Crippen LogP contribution in [0.1, 0.15) is 47.5 Å². The Labute approximate surface area is 110 Å². The third kappa shape index (κ3) is 9.75. The van der Waals surface area contributed by atoms with E-state index in [0.717, 1.165) is 5.70 Å². The van der Waals surface area contributed by atoms with Gasteiger partial charge in [0.25, 0.3) is 0 Å². The van der Waals surface area contributed by atoms with Gasteiger partial charge in [-0.3, -0.25) is 4.79 Å². The lowest BCUT2D eigenvalue weighted by molar-refractivity contribution is -0.154. The molecule has 0 heterocycles. The smallest absolute Gasteiger partial charge is 0.308 e. The van der Waals surface area contributed by atoms with Crippen molar-refractivity contribution in [1.82, 2.24) is 5.32 Å². The second-order valence-corrected chi connectivity index (χ2v) is 5.12. The topological polar surface area (TPSA) is 58.6 Å². The van der Waals surface area contributed by atoms with Crippen molar-refractivity contribution >= 4 is 5.97 Å². The van der Waals surface area contributed by atoms with Crippen molar-refractivity contribution in [3.05, 3.63) is 23.6 Å². The van der Waals surface area contributed by atoms with Crippen molar-refractivity contribution in [3.8, 4) is 0 Å². The molecule has 2 N–H and O–H groups in total. The van der Waals surface area contributed by atoms with Crippen LogP contribution in [0, 0.1) is 0 Å². The Morgan fingerprint density at radius 3 is 2.44 bits per heavy atom. The molecular formula is C14H25NO3. The van der Waals surface area contributed by atoms with Crippen LogP contribution in [0.25, 0.3) is 0 Å². The van der Waals surface area contributed by atoms with Gasteiger partial charge in [0, 0.05) is 18.7 Å². The molecule has 0 aliphatic rings. The van der Waals surface area contributed by atoms with Gasteiger partial charge in [-0.25, -0.2) is 0 Å². The first-order valence-electron chi connectivity index (χ1n) is 6.26. The predicted molar refractivity (Wildman–Crippen MR) is 73.2 cm³/mol. The number of aliphatic hydroxyl groups excluding tert-OH is 1. The van der Waals surface area contributed by atoms with E-state index in [-0.39, 0.29) is 5.97 Å². The van der Waals surface area contributed by atoms with Crippen LogP contribution in [0.5, 0.6) is 0 Å². The molecule has 18 heavy (non-hydrogen) atoms. The van der Waals surface area contributed by atoms with Gasteiger partial charge in [0.2, 0.25) is 0 Å². The number of nitrogens with one attached hydrogen (secondary N) is 1. The zero-order valence-electron chi connectivity index (χ0n) is 12.0. The van der Waals surface area contributed by atoms with Gasteiger partial charge in [0.1, 0.15) is 5.60 Å². The van der Waals surface area contributed by atoms with Gasteiger partial charge in [-0.15, -0.1) is 0 Å². The van der Waals surface area contributed by atoms with Crippen molar-refractivity contribution in [2.24, 2.45) is 0 Å². The summed E-state index contributed by atoms with van der Waals surface area (Å²) >= 11 is 0. The van der Waals surface area contributed by atoms with Crippen molar-refractivity contribution in [2.45, 2.75) is 53.1 Å². The lowest BCUT2D eigenvalue weighted by Crippen LogP contribution is -2.26. The fourth-order valence-corrected chi connectivity index (χ4v) is 1.15. The van der Waals surface area contributed by atoms with E-state index in [4.69, 9.17) is 4.74 Å². The minimum Gasteiger partial charge on any atom is -0.512 e. The van der Waals surface area contributed by atoms with E-state index in [0.29, 0.717) is 25.1 Å². The molecule has 0 aliphatic heterocycles. The van der Waals surface area contributed by atoms with Crippen LogP contribution in [0.4, 0.5) is 0 Å². The molecule has 0 aromatic rings. The molecule has 0 saturated carbocycles. The van der Waals surface area contributed by atoms with Crippen molar-refractivity contribution in [3.63, 3.8) is 0 Å². The Kier molecular flexibility index (Phi) is 7.17. The second kappa shape index (κ2) is 7.80. The maximum Gasteiger partial charge on any atom is 0.308 e. The summed E-state index contributed by atoms with van der Waals surface area (Å²) in [6, 6.07) is 0. The first kappa shape index (κ1) is 16.6. The van der Waals surface area contributed by atoms with E-state index in [1.54, 1.807) is 12.2 Å². The number of carbonyl (C=O) groups is 1. The second-order valence-electron chi connectivity index (χ2n) is 5.12. The number of esters is 1. The summed E-state index contributed by atoms with van der Waals surface area (Å²) in [7, 11) is 0.